The summed E-state index contributed by atoms with van der Waals surface area (Å²) in [5.41, 5.74) is -0.278. The van der Waals surface area contributed by atoms with Crippen molar-refractivity contribution in [3.8, 4) is 0 Å². The lowest BCUT2D eigenvalue weighted by Gasteiger charge is -2.49. The number of rotatable bonds is 4. The lowest BCUT2D eigenvalue weighted by Crippen LogP contribution is -2.62. The second-order valence-corrected chi connectivity index (χ2v) is 6.79. The van der Waals surface area contributed by atoms with Crippen molar-refractivity contribution in [2.75, 3.05) is 14.2 Å². The second kappa shape index (κ2) is 6.55. The van der Waals surface area contributed by atoms with E-state index < -0.39 is 11.5 Å². The molecule has 2 saturated heterocycles. The van der Waals surface area contributed by atoms with Crippen LogP contribution in [0.2, 0.25) is 0 Å². The zero-order valence-electron chi connectivity index (χ0n) is 14.5. The van der Waals surface area contributed by atoms with E-state index in [9.17, 15) is 9.59 Å². The van der Waals surface area contributed by atoms with Gasteiger partial charge in [-0.05, 0) is 38.4 Å². The average molecular weight is 331 g/mol. The summed E-state index contributed by atoms with van der Waals surface area (Å²) >= 11 is 0. The van der Waals surface area contributed by atoms with Gasteiger partial charge < -0.3 is 9.47 Å². The zero-order valence-corrected chi connectivity index (χ0v) is 14.5. The molecule has 0 spiro atoms. The highest BCUT2D eigenvalue weighted by atomic mass is 16.6. The summed E-state index contributed by atoms with van der Waals surface area (Å²) in [5, 5.41) is 0. The molecule has 2 aliphatic rings. The Morgan fingerprint density at radius 3 is 2.58 bits per heavy atom. The van der Waals surface area contributed by atoms with Crippen molar-refractivity contribution >= 4 is 11.9 Å². The Hall–Kier alpha value is -1.88. The van der Waals surface area contributed by atoms with E-state index in [1.807, 2.05) is 25.1 Å². The molecule has 5 nitrogen and oxygen atoms in total. The van der Waals surface area contributed by atoms with Gasteiger partial charge in [-0.15, -0.1) is 0 Å². The number of methoxy groups -OCH3 is 1. The molecule has 24 heavy (non-hydrogen) atoms. The summed E-state index contributed by atoms with van der Waals surface area (Å²) in [6.07, 6.45) is 2.78. The minimum atomic E-state index is -0.791. The number of carbonyl (C=O) groups excluding carboxylic acids is 2. The van der Waals surface area contributed by atoms with E-state index in [2.05, 4.69) is 11.9 Å². The normalized spacial score (nSPS) is 32.4. The third kappa shape index (κ3) is 2.51. The molecule has 130 valence electrons. The molecular formula is C19H25NO4. The van der Waals surface area contributed by atoms with Gasteiger partial charge in [0.15, 0.2) is 0 Å². The summed E-state index contributed by atoms with van der Waals surface area (Å²) in [6.45, 7) is 1.98. The smallest absolute Gasteiger partial charge is 0.338 e. The van der Waals surface area contributed by atoms with Crippen molar-refractivity contribution in [1.82, 2.24) is 4.90 Å². The number of ether oxygens (including phenoxy) is 2. The molecule has 1 aromatic carbocycles. The van der Waals surface area contributed by atoms with Gasteiger partial charge >= 0.3 is 11.9 Å². The molecule has 0 amide bonds. The summed E-state index contributed by atoms with van der Waals surface area (Å²) in [7, 11) is 3.47. The van der Waals surface area contributed by atoms with Gasteiger partial charge in [0.05, 0.1) is 12.7 Å². The van der Waals surface area contributed by atoms with Crippen molar-refractivity contribution in [3.05, 3.63) is 35.9 Å². The topological polar surface area (TPSA) is 55.8 Å². The second-order valence-electron chi connectivity index (χ2n) is 6.79. The van der Waals surface area contributed by atoms with Gasteiger partial charge in [0, 0.05) is 18.5 Å². The highest BCUT2D eigenvalue weighted by Crippen LogP contribution is 2.50. The fourth-order valence-electron chi connectivity index (χ4n) is 4.58. The lowest BCUT2D eigenvalue weighted by atomic mass is 9.69. The molecule has 0 radical (unpaired) electrons. The summed E-state index contributed by atoms with van der Waals surface area (Å²) in [6, 6.07) is 9.35. The number of nitrogens with zero attached hydrogens (tertiary/aromatic N) is 1. The Bertz CT molecular complexity index is 617. The molecule has 4 atom stereocenters. The highest BCUT2D eigenvalue weighted by molar-refractivity contribution is 5.90. The van der Waals surface area contributed by atoms with Crippen LogP contribution in [0.3, 0.4) is 0 Å². The molecule has 0 aliphatic carbocycles. The maximum Gasteiger partial charge on any atom is 0.338 e. The fourth-order valence-corrected chi connectivity index (χ4v) is 4.58. The van der Waals surface area contributed by atoms with Gasteiger partial charge in [0.25, 0.3) is 0 Å². The Balaban J connectivity index is 1.92. The maximum absolute atomic E-state index is 12.7. The molecule has 2 aliphatic heterocycles. The van der Waals surface area contributed by atoms with E-state index in [0.717, 1.165) is 12.8 Å². The first kappa shape index (κ1) is 17.0. The van der Waals surface area contributed by atoms with E-state index in [1.54, 1.807) is 12.1 Å². The van der Waals surface area contributed by atoms with Crippen molar-refractivity contribution < 1.29 is 19.1 Å². The van der Waals surface area contributed by atoms with Crippen LogP contribution >= 0.6 is 0 Å². The third-order valence-corrected chi connectivity index (χ3v) is 5.91. The predicted octanol–water partition coefficient (Wildman–Crippen LogP) is 2.65. The van der Waals surface area contributed by atoms with Crippen LogP contribution < -0.4 is 0 Å². The van der Waals surface area contributed by atoms with Crippen LogP contribution in [0, 0.1) is 5.41 Å². The maximum atomic E-state index is 12.7. The minimum Gasteiger partial charge on any atom is -0.468 e. The van der Waals surface area contributed by atoms with Crippen LogP contribution in [0.1, 0.15) is 43.0 Å². The summed E-state index contributed by atoms with van der Waals surface area (Å²) in [4.78, 5) is 27.6. The SMILES string of the molecule is CC[C@]1(C(=O)OC)[C@@H](OC(=O)c2ccccc2)C[C@H]2CC[C@@H]1N2C. The molecule has 3 rings (SSSR count). The van der Waals surface area contributed by atoms with Gasteiger partial charge in [-0.25, -0.2) is 4.79 Å². The largest absolute Gasteiger partial charge is 0.468 e. The third-order valence-electron chi connectivity index (χ3n) is 5.91. The number of piperidine rings is 1. The van der Waals surface area contributed by atoms with Crippen LogP contribution in [0.15, 0.2) is 30.3 Å². The molecule has 1 aromatic rings. The number of hydrogen-bond acceptors (Lipinski definition) is 5. The number of hydrogen-bond donors (Lipinski definition) is 0. The van der Waals surface area contributed by atoms with Gasteiger partial charge in [-0.1, -0.05) is 25.1 Å². The van der Waals surface area contributed by atoms with E-state index in [4.69, 9.17) is 9.47 Å². The molecule has 0 N–H and O–H groups in total. The van der Waals surface area contributed by atoms with E-state index in [1.165, 1.54) is 7.11 Å². The van der Waals surface area contributed by atoms with Gasteiger partial charge in [-0.3, -0.25) is 9.69 Å². The zero-order chi connectivity index (χ0) is 17.3. The first-order valence-electron chi connectivity index (χ1n) is 8.61. The van der Waals surface area contributed by atoms with E-state index >= 15 is 0 Å². The van der Waals surface area contributed by atoms with Crippen LogP contribution in [0.5, 0.6) is 0 Å². The number of esters is 2. The van der Waals surface area contributed by atoms with Crippen LogP contribution in [0.25, 0.3) is 0 Å². The molecule has 2 fully saturated rings. The highest BCUT2D eigenvalue weighted by Gasteiger charge is 2.61. The first-order valence-corrected chi connectivity index (χ1v) is 8.61. The van der Waals surface area contributed by atoms with Gasteiger partial charge in [0.1, 0.15) is 11.5 Å². The van der Waals surface area contributed by atoms with Crippen molar-refractivity contribution in [2.24, 2.45) is 5.41 Å². The predicted molar refractivity (Wildman–Crippen MR) is 89.6 cm³/mol. The Morgan fingerprint density at radius 1 is 1.25 bits per heavy atom. The van der Waals surface area contributed by atoms with Crippen LogP contribution in [-0.4, -0.2) is 49.2 Å². The molecule has 0 saturated carbocycles. The number of carbonyl (C=O) groups is 2. The fraction of sp³-hybridized carbons (Fsp3) is 0.579. The van der Waals surface area contributed by atoms with E-state index in [-0.39, 0.29) is 18.0 Å². The molecule has 0 aromatic heterocycles. The molecular weight excluding hydrogens is 306 g/mol. The van der Waals surface area contributed by atoms with Gasteiger partial charge in [0.2, 0.25) is 0 Å². The number of benzene rings is 1. The molecule has 2 heterocycles. The molecule has 2 bridgehead atoms. The standard InChI is InChI=1S/C19H25NO4/c1-4-19(18(22)23-3)15-11-10-14(20(15)2)12-16(19)24-17(21)13-8-6-5-7-9-13/h5-9,14-16H,4,10-12H2,1-3H3/t14-,15+,16+,19-/m1/s1. The lowest BCUT2D eigenvalue weighted by molar-refractivity contribution is -0.174. The number of fused-ring (bicyclic) bond motifs is 2. The van der Waals surface area contributed by atoms with Crippen molar-refractivity contribution in [1.29, 1.82) is 0 Å². The van der Waals surface area contributed by atoms with Crippen LogP contribution in [-0.2, 0) is 14.3 Å². The molecule has 5 heteroatoms. The van der Waals surface area contributed by atoms with Crippen molar-refractivity contribution in [3.63, 3.8) is 0 Å². The molecule has 0 unspecified atom stereocenters. The Kier molecular flexibility index (Phi) is 4.63. The van der Waals surface area contributed by atoms with Crippen molar-refractivity contribution in [2.45, 2.75) is 50.8 Å². The average Bonchev–Trinajstić information content (AvgIpc) is 2.88. The van der Waals surface area contributed by atoms with Crippen LogP contribution in [0.4, 0.5) is 0 Å². The Morgan fingerprint density at radius 2 is 1.96 bits per heavy atom. The quantitative estimate of drug-likeness (QED) is 0.794. The summed E-state index contributed by atoms with van der Waals surface area (Å²) in [5.74, 6) is -0.639. The first-order chi connectivity index (χ1) is 11.5. The minimum absolute atomic E-state index is 0.0577. The monoisotopic (exact) mass is 331 g/mol. The van der Waals surface area contributed by atoms with E-state index in [0.29, 0.717) is 24.4 Å². The summed E-state index contributed by atoms with van der Waals surface area (Å²) < 4.78 is 11.0. The van der Waals surface area contributed by atoms with Gasteiger partial charge in [-0.2, -0.15) is 0 Å². The Labute approximate surface area is 142 Å².